The van der Waals surface area contributed by atoms with E-state index in [0.29, 0.717) is 11.3 Å². The fourth-order valence-electron chi connectivity index (χ4n) is 2.22. The summed E-state index contributed by atoms with van der Waals surface area (Å²) in [6.07, 6.45) is 8.26. The van der Waals surface area contributed by atoms with Crippen LogP contribution in [0.4, 0.5) is 5.69 Å². The van der Waals surface area contributed by atoms with Gasteiger partial charge >= 0.3 is 0 Å². The van der Waals surface area contributed by atoms with Crippen LogP contribution in [-0.2, 0) is 4.74 Å². The van der Waals surface area contributed by atoms with Gasteiger partial charge in [-0.3, -0.25) is 0 Å². The number of anilines is 1. The number of benzene rings is 1. The second kappa shape index (κ2) is 5.88. The van der Waals surface area contributed by atoms with Gasteiger partial charge in [-0.15, -0.1) is 0 Å². The zero-order valence-corrected chi connectivity index (χ0v) is 12.5. The van der Waals surface area contributed by atoms with Crippen LogP contribution in [0.3, 0.4) is 0 Å². The lowest BCUT2D eigenvalue weighted by molar-refractivity contribution is 0.293. The molecule has 21 heavy (non-hydrogen) atoms. The molecule has 3 nitrogen and oxygen atoms in total. The molecule has 2 rings (SSSR count). The van der Waals surface area contributed by atoms with Gasteiger partial charge in [0.15, 0.2) is 0 Å². The Kier molecular flexibility index (Phi) is 4.18. The molecule has 0 amide bonds. The molecule has 0 aromatic heterocycles. The minimum absolute atomic E-state index is 0.00881. The highest BCUT2D eigenvalue weighted by molar-refractivity contribution is 5.67. The molecule has 0 saturated heterocycles. The predicted octanol–water partition coefficient (Wildman–Crippen LogP) is 4.04. The number of hydrogen-bond acceptors (Lipinski definition) is 3. The minimum atomic E-state index is 0.00881. The van der Waals surface area contributed by atoms with Gasteiger partial charge < -0.3 is 10.5 Å². The van der Waals surface area contributed by atoms with Crippen LogP contribution in [0, 0.1) is 16.7 Å². The Balaban J connectivity index is 2.22. The fourth-order valence-corrected chi connectivity index (χ4v) is 2.22. The Labute approximate surface area is 126 Å². The lowest BCUT2D eigenvalue weighted by Gasteiger charge is -2.12. The van der Waals surface area contributed by atoms with Crippen molar-refractivity contribution in [3.05, 3.63) is 59.4 Å². The maximum Gasteiger partial charge on any atom is 0.0991 e. The molecular formula is C18H20N2O. The number of rotatable bonds is 5. The second-order valence-corrected chi connectivity index (χ2v) is 5.43. The van der Waals surface area contributed by atoms with Crippen molar-refractivity contribution in [3.63, 3.8) is 0 Å². The Hall–Kier alpha value is -2.47. The van der Waals surface area contributed by atoms with Crippen molar-refractivity contribution in [1.29, 1.82) is 5.26 Å². The van der Waals surface area contributed by atoms with Gasteiger partial charge in [0.25, 0.3) is 0 Å². The largest absolute Gasteiger partial charge is 0.501 e. The second-order valence-electron chi connectivity index (χ2n) is 5.43. The third-order valence-corrected chi connectivity index (χ3v) is 3.93. The molecule has 1 aliphatic carbocycles. The standard InChI is InChI=1S/C18H20N2O/c1-13(10-14(2)21-3)18(8-9-18)7-6-16-11-15(12-19)4-5-17(16)20/h4-7,10-11H,1,8-9,20H2,2-3H3/b7-6+,14-10-. The number of nitrogen functional groups attached to an aromatic ring is 1. The van der Waals surface area contributed by atoms with Crippen molar-refractivity contribution >= 4 is 11.8 Å². The monoisotopic (exact) mass is 280 g/mol. The summed E-state index contributed by atoms with van der Waals surface area (Å²) in [7, 11) is 1.66. The van der Waals surface area contributed by atoms with Crippen LogP contribution in [0.2, 0.25) is 0 Å². The Morgan fingerprint density at radius 3 is 2.76 bits per heavy atom. The number of nitrogens with zero attached hydrogens (tertiary/aromatic N) is 1. The van der Waals surface area contributed by atoms with Gasteiger partial charge in [-0.2, -0.15) is 5.26 Å². The third kappa shape index (κ3) is 3.35. The van der Waals surface area contributed by atoms with Crippen molar-refractivity contribution in [2.45, 2.75) is 19.8 Å². The topological polar surface area (TPSA) is 59.0 Å². The van der Waals surface area contributed by atoms with Gasteiger partial charge in [0.1, 0.15) is 0 Å². The van der Waals surface area contributed by atoms with Gasteiger partial charge in [0.2, 0.25) is 0 Å². The minimum Gasteiger partial charge on any atom is -0.501 e. The van der Waals surface area contributed by atoms with Crippen molar-refractivity contribution in [1.82, 2.24) is 0 Å². The van der Waals surface area contributed by atoms with Gasteiger partial charge in [-0.25, -0.2) is 0 Å². The molecular weight excluding hydrogens is 260 g/mol. The maximum atomic E-state index is 8.96. The van der Waals surface area contributed by atoms with Gasteiger partial charge in [0, 0.05) is 11.1 Å². The van der Waals surface area contributed by atoms with Crippen molar-refractivity contribution in [3.8, 4) is 6.07 Å². The van der Waals surface area contributed by atoms with Gasteiger partial charge in [-0.05, 0) is 55.2 Å². The van der Waals surface area contributed by atoms with Crippen LogP contribution >= 0.6 is 0 Å². The first-order chi connectivity index (χ1) is 10.0. The van der Waals surface area contributed by atoms with E-state index >= 15 is 0 Å². The Morgan fingerprint density at radius 2 is 2.19 bits per heavy atom. The molecule has 1 fully saturated rings. The molecule has 0 aliphatic heterocycles. The van der Waals surface area contributed by atoms with E-state index in [1.807, 2.05) is 19.1 Å². The molecule has 1 saturated carbocycles. The molecule has 108 valence electrons. The summed E-state index contributed by atoms with van der Waals surface area (Å²) in [5.74, 6) is 0.852. The summed E-state index contributed by atoms with van der Waals surface area (Å²) in [4.78, 5) is 0. The highest BCUT2D eigenvalue weighted by atomic mass is 16.5. The smallest absolute Gasteiger partial charge is 0.0991 e. The molecule has 0 heterocycles. The van der Waals surface area contributed by atoms with E-state index < -0.39 is 0 Å². The molecule has 1 aromatic carbocycles. The highest BCUT2D eigenvalue weighted by Gasteiger charge is 2.41. The number of nitriles is 1. The van der Waals surface area contributed by atoms with E-state index in [0.717, 1.165) is 29.7 Å². The van der Waals surface area contributed by atoms with Crippen molar-refractivity contribution in [2.75, 3.05) is 12.8 Å². The summed E-state index contributed by atoms with van der Waals surface area (Å²) in [5, 5.41) is 8.96. The summed E-state index contributed by atoms with van der Waals surface area (Å²) in [6, 6.07) is 7.43. The Bertz CT molecular complexity index is 658. The zero-order chi connectivity index (χ0) is 15.5. The average molecular weight is 280 g/mol. The van der Waals surface area contributed by atoms with E-state index in [4.69, 9.17) is 15.7 Å². The summed E-state index contributed by atoms with van der Waals surface area (Å²) >= 11 is 0. The zero-order valence-electron chi connectivity index (χ0n) is 12.5. The normalized spacial score (nSPS) is 16.5. The van der Waals surface area contributed by atoms with Crippen LogP contribution in [0.25, 0.3) is 6.08 Å². The van der Waals surface area contributed by atoms with E-state index in [2.05, 4.69) is 18.7 Å². The Morgan fingerprint density at radius 1 is 1.48 bits per heavy atom. The molecule has 1 aliphatic rings. The quantitative estimate of drug-likeness (QED) is 0.503. The summed E-state index contributed by atoms with van der Waals surface area (Å²) in [5.41, 5.74) is 9.18. The molecule has 1 aromatic rings. The van der Waals surface area contributed by atoms with Crippen molar-refractivity contribution < 1.29 is 4.74 Å². The lowest BCUT2D eigenvalue weighted by atomic mass is 9.94. The van der Waals surface area contributed by atoms with Crippen LogP contribution < -0.4 is 5.73 Å². The summed E-state index contributed by atoms with van der Waals surface area (Å²) < 4.78 is 5.18. The number of hydrogen-bond donors (Lipinski definition) is 1. The lowest BCUT2D eigenvalue weighted by Crippen LogP contribution is -1.99. The summed E-state index contributed by atoms with van der Waals surface area (Å²) in [6.45, 7) is 6.07. The van der Waals surface area contributed by atoms with Crippen LogP contribution in [-0.4, -0.2) is 7.11 Å². The predicted molar refractivity (Wildman–Crippen MR) is 86.2 cm³/mol. The highest BCUT2D eigenvalue weighted by Crippen LogP contribution is 2.53. The van der Waals surface area contributed by atoms with E-state index in [-0.39, 0.29) is 5.41 Å². The molecule has 2 N–H and O–H groups in total. The van der Waals surface area contributed by atoms with E-state index in [1.54, 1.807) is 25.3 Å². The number of nitrogens with two attached hydrogens (primary N) is 1. The maximum absolute atomic E-state index is 8.96. The SMILES string of the molecule is C=C(/C=C(/C)OC)C1(/C=C/c2cc(C#N)ccc2N)CC1. The first-order valence-corrected chi connectivity index (χ1v) is 6.91. The number of methoxy groups -OCH3 is 1. The van der Waals surface area contributed by atoms with Crippen molar-refractivity contribution in [2.24, 2.45) is 5.41 Å². The first-order valence-electron chi connectivity index (χ1n) is 6.91. The van der Waals surface area contributed by atoms with Gasteiger partial charge in [-0.1, -0.05) is 18.7 Å². The number of ether oxygens (including phenoxy) is 1. The fraction of sp³-hybridized carbons (Fsp3) is 0.278. The average Bonchev–Trinajstić information content (AvgIpc) is 3.27. The first kappa shape index (κ1) is 14.9. The van der Waals surface area contributed by atoms with E-state index in [9.17, 15) is 0 Å². The van der Waals surface area contributed by atoms with Crippen LogP contribution in [0.5, 0.6) is 0 Å². The van der Waals surface area contributed by atoms with Crippen LogP contribution in [0.1, 0.15) is 30.9 Å². The number of allylic oxidation sites excluding steroid dienone is 4. The molecule has 3 heteroatoms. The molecule has 0 unspecified atom stereocenters. The van der Waals surface area contributed by atoms with Crippen LogP contribution in [0.15, 0.2) is 48.3 Å². The van der Waals surface area contributed by atoms with Gasteiger partial charge in [0.05, 0.1) is 24.5 Å². The molecule has 0 bridgehead atoms. The molecule has 0 atom stereocenters. The third-order valence-electron chi connectivity index (χ3n) is 3.93. The molecule has 0 spiro atoms. The molecule has 0 radical (unpaired) electrons. The van der Waals surface area contributed by atoms with E-state index in [1.165, 1.54) is 0 Å².